The zero-order valence-corrected chi connectivity index (χ0v) is 11.4. The Morgan fingerprint density at radius 3 is 3.00 bits per heavy atom. The van der Waals surface area contributed by atoms with E-state index in [1.54, 1.807) is 12.1 Å². The molecule has 0 unspecified atom stereocenters. The van der Waals surface area contributed by atoms with Gasteiger partial charge in [-0.15, -0.1) is 11.6 Å². The zero-order valence-electron chi connectivity index (χ0n) is 10.6. The molecular weight excluding hydrogens is 284 g/mol. The number of nitrogens with one attached hydrogen (secondary N) is 1. The van der Waals surface area contributed by atoms with E-state index in [4.69, 9.17) is 21.4 Å². The number of alkyl halides is 1. The third-order valence-electron chi connectivity index (χ3n) is 3.29. The summed E-state index contributed by atoms with van der Waals surface area (Å²) in [7, 11) is 0. The van der Waals surface area contributed by atoms with Crippen molar-refractivity contribution in [1.29, 1.82) is 0 Å². The maximum absolute atomic E-state index is 12.3. The number of aromatic amines is 1. The molecule has 0 radical (unpaired) electrons. The number of halogens is 1. The summed E-state index contributed by atoms with van der Waals surface area (Å²) in [4.78, 5) is 37.1. The maximum atomic E-state index is 12.3. The number of fused-ring (bicyclic) bond motifs is 2. The summed E-state index contributed by atoms with van der Waals surface area (Å²) >= 11 is 5.61. The number of rotatable bonds is 2. The standard InChI is InChI=1S/C13H13ClN2O4/c14-3-4-16-12(17)9-7-11-8(2-1-5-19-20-11)6-10(9)15-13(16)18/h6-7H,1-5H2,(H,15,18). The van der Waals surface area contributed by atoms with Crippen LogP contribution in [0.5, 0.6) is 5.75 Å². The van der Waals surface area contributed by atoms with E-state index >= 15 is 0 Å². The predicted molar refractivity (Wildman–Crippen MR) is 74.4 cm³/mol. The molecule has 2 heterocycles. The first-order valence-electron chi connectivity index (χ1n) is 6.36. The molecule has 0 amide bonds. The Morgan fingerprint density at radius 1 is 1.35 bits per heavy atom. The van der Waals surface area contributed by atoms with E-state index < -0.39 is 5.69 Å². The largest absolute Gasteiger partial charge is 0.337 e. The molecule has 106 valence electrons. The molecule has 0 fully saturated rings. The van der Waals surface area contributed by atoms with Crippen molar-refractivity contribution in [2.45, 2.75) is 19.4 Å². The lowest BCUT2D eigenvalue weighted by atomic mass is 10.1. The number of nitrogens with zero attached hydrogens (tertiary/aromatic N) is 1. The van der Waals surface area contributed by atoms with Crippen molar-refractivity contribution in [3.8, 4) is 5.75 Å². The van der Waals surface area contributed by atoms with E-state index in [2.05, 4.69) is 4.98 Å². The molecule has 0 bridgehead atoms. The summed E-state index contributed by atoms with van der Waals surface area (Å²) in [5, 5.41) is 0.388. The Labute approximate surface area is 118 Å². The number of aryl methyl sites for hydroxylation is 1. The van der Waals surface area contributed by atoms with E-state index in [0.29, 0.717) is 23.3 Å². The van der Waals surface area contributed by atoms with Gasteiger partial charge >= 0.3 is 5.69 Å². The van der Waals surface area contributed by atoms with Gasteiger partial charge in [0.25, 0.3) is 5.56 Å². The van der Waals surface area contributed by atoms with Crippen LogP contribution in [0.25, 0.3) is 10.9 Å². The average Bonchev–Trinajstić information content (AvgIpc) is 2.66. The van der Waals surface area contributed by atoms with Crippen molar-refractivity contribution >= 4 is 22.5 Å². The quantitative estimate of drug-likeness (QED) is 0.667. The minimum absolute atomic E-state index is 0.167. The van der Waals surface area contributed by atoms with E-state index in [0.717, 1.165) is 23.0 Å². The van der Waals surface area contributed by atoms with Crippen LogP contribution >= 0.6 is 11.6 Å². The molecule has 1 aromatic carbocycles. The summed E-state index contributed by atoms with van der Waals surface area (Å²) in [6, 6.07) is 3.38. The first kappa shape index (κ1) is 13.2. The summed E-state index contributed by atoms with van der Waals surface area (Å²) in [6.45, 7) is 0.665. The molecule has 2 aromatic rings. The topological polar surface area (TPSA) is 73.3 Å². The first-order valence-corrected chi connectivity index (χ1v) is 6.89. The number of hydrogen-bond donors (Lipinski definition) is 1. The lowest BCUT2D eigenvalue weighted by Gasteiger charge is -2.08. The molecule has 1 aromatic heterocycles. The SMILES string of the molecule is O=c1[nH]c2cc3c(cc2c(=O)n1CCCl)OOCCC3. The Morgan fingerprint density at radius 2 is 2.20 bits per heavy atom. The molecule has 6 nitrogen and oxygen atoms in total. The fraction of sp³-hybridized carbons (Fsp3) is 0.385. The van der Waals surface area contributed by atoms with Crippen molar-refractivity contribution < 1.29 is 9.78 Å². The smallest absolute Gasteiger partial charge is 0.328 e. The van der Waals surface area contributed by atoms with Gasteiger partial charge in [-0.2, -0.15) is 4.89 Å². The molecule has 1 aliphatic heterocycles. The van der Waals surface area contributed by atoms with Gasteiger partial charge in [-0.1, -0.05) is 0 Å². The third-order valence-corrected chi connectivity index (χ3v) is 3.46. The Hall–Kier alpha value is -1.79. The lowest BCUT2D eigenvalue weighted by Crippen LogP contribution is -2.35. The van der Waals surface area contributed by atoms with Gasteiger partial charge in [0, 0.05) is 18.0 Å². The molecule has 0 aliphatic carbocycles. The first-order chi connectivity index (χ1) is 9.70. The monoisotopic (exact) mass is 296 g/mol. The minimum atomic E-state index is -0.450. The molecule has 1 N–H and O–H groups in total. The van der Waals surface area contributed by atoms with Crippen LogP contribution in [0.1, 0.15) is 12.0 Å². The second kappa shape index (κ2) is 5.30. The van der Waals surface area contributed by atoms with E-state index in [-0.39, 0.29) is 18.0 Å². The molecule has 0 spiro atoms. The van der Waals surface area contributed by atoms with E-state index in [9.17, 15) is 9.59 Å². The number of benzene rings is 1. The number of aromatic nitrogens is 2. The fourth-order valence-corrected chi connectivity index (χ4v) is 2.48. The average molecular weight is 297 g/mol. The van der Waals surface area contributed by atoms with Gasteiger partial charge in [0.15, 0.2) is 5.75 Å². The Kier molecular flexibility index (Phi) is 3.50. The molecule has 0 atom stereocenters. The maximum Gasteiger partial charge on any atom is 0.328 e. The normalized spacial score (nSPS) is 14.7. The molecule has 7 heteroatoms. The molecule has 1 aliphatic rings. The van der Waals surface area contributed by atoms with Crippen molar-refractivity contribution in [2.75, 3.05) is 12.5 Å². The zero-order chi connectivity index (χ0) is 14.1. The predicted octanol–water partition coefficient (Wildman–Crippen LogP) is 1.19. The fourth-order valence-electron chi connectivity index (χ4n) is 2.31. The van der Waals surface area contributed by atoms with Crippen LogP contribution in [0.4, 0.5) is 0 Å². The van der Waals surface area contributed by atoms with Gasteiger partial charge < -0.3 is 9.87 Å². The summed E-state index contributed by atoms with van der Waals surface area (Å²) in [6.07, 6.45) is 1.60. The van der Waals surface area contributed by atoms with Crippen LogP contribution in [-0.4, -0.2) is 22.0 Å². The lowest BCUT2D eigenvalue weighted by molar-refractivity contribution is -0.203. The van der Waals surface area contributed by atoms with Crippen LogP contribution in [0, 0.1) is 0 Å². The van der Waals surface area contributed by atoms with Gasteiger partial charge in [-0.25, -0.2) is 4.79 Å². The second-order valence-electron chi connectivity index (χ2n) is 4.59. The van der Waals surface area contributed by atoms with Crippen LogP contribution in [0.2, 0.25) is 0 Å². The molecule has 3 rings (SSSR count). The van der Waals surface area contributed by atoms with Gasteiger partial charge in [0.2, 0.25) is 0 Å². The van der Waals surface area contributed by atoms with E-state index in [1.165, 1.54) is 0 Å². The number of hydrogen-bond acceptors (Lipinski definition) is 4. The van der Waals surface area contributed by atoms with Crippen molar-refractivity contribution in [2.24, 2.45) is 0 Å². The third kappa shape index (κ3) is 2.21. The Bertz CT molecular complexity index is 765. The van der Waals surface area contributed by atoms with Crippen molar-refractivity contribution in [1.82, 2.24) is 9.55 Å². The summed E-state index contributed by atoms with van der Waals surface area (Å²) in [5.74, 6) is 0.718. The highest BCUT2D eigenvalue weighted by Crippen LogP contribution is 2.26. The van der Waals surface area contributed by atoms with Crippen LogP contribution in [-0.2, 0) is 17.9 Å². The van der Waals surface area contributed by atoms with Gasteiger partial charge in [-0.3, -0.25) is 9.36 Å². The molecule has 0 saturated carbocycles. The highest BCUT2D eigenvalue weighted by Gasteiger charge is 2.15. The van der Waals surface area contributed by atoms with Gasteiger partial charge in [-0.05, 0) is 25.0 Å². The molecule has 20 heavy (non-hydrogen) atoms. The van der Waals surface area contributed by atoms with Crippen LogP contribution in [0.15, 0.2) is 21.7 Å². The minimum Gasteiger partial charge on any atom is -0.337 e. The summed E-state index contributed by atoms with van der Waals surface area (Å²) in [5.41, 5.74) is 0.601. The van der Waals surface area contributed by atoms with Crippen LogP contribution < -0.4 is 16.1 Å². The molecular formula is C13H13ClN2O4. The van der Waals surface area contributed by atoms with Crippen LogP contribution in [0.3, 0.4) is 0 Å². The number of H-pyrrole nitrogens is 1. The van der Waals surface area contributed by atoms with Gasteiger partial charge in [0.1, 0.15) is 0 Å². The van der Waals surface area contributed by atoms with Crippen molar-refractivity contribution in [3.63, 3.8) is 0 Å². The summed E-state index contributed by atoms with van der Waals surface area (Å²) < 4.78 is 1.08. The van der Waals surface area contributed by atoms with Gasteiger partial charge in [0.05, 0.1) is 17.5 Å². The highest BCUT2D eigenvalue weighted by atomic mass is 35.5. The van der Waals surface area contributed by atoms with E-state index in [1.807, 2.05) is 0 Å². The van der Waals surface area contributed by atoms with Crippen molar-refractivity contribution in [3.05, 3.63) is 38.5 Å². The second-order valence-corrected chi connectivity index (χ2v) is 4.97. The Balaban J connectivity index is 2.27. The molecule has 0 saturated heterocycles. The highest BCUT2D eigenvalue weighted by molar-refractivity contribution is 6.17.